The molecular formula is C24H36O. The Kier molecular flexibility index (Phi) is 4.11. The molecule has 0 bridgehead atoms. The third kappa shape index (κ3) is 2.30. The second kappa shape index (κ2) is 5.84. The van der Waals surface area contributed by atoms with Gasteiger partial charge in [0, 0.05) is 5.41 Å². The van der Waals surface area contributed by atoms with Gasteiger partial charge in [0.2, 0.25) is 0 Å². The molecule has 0 amide bonds. The molecule has 0 radical (unpaired) electrons. The molecule has 138 valence electrons. The summed E-state index contributed by atoms with van der Waals surface area (Å²) < 4.78 is 0. The van der Waals surface area contributed by atoms with Gasteiger partial charge in [0.15, 0.2) is 0 Å². The van der Waals surface area contributed by atoms with Crippen LogP contribution in [0.4, 0.5) is 0 Å². The lowest BCUT2D eigenvalue weighted by Crippen LogP contribution is -2.54. The zero-order valence-corrected chi connectivity index (χ0v) is 16.5. The molecule has 0 saturated heterocycles. The van der Waals surface area contributed by atoms with Crippen molar-refractivity contribution in [1.82, 2.24) is 0 Å². The van der Waals surface area contributed by atoms with Crippen LogP contribution >= 0.6 is 0 Å². The van der Waals surface area contributed by atoms with Crippen molar-refractivity contribution in [1.29, 1.82) is 0 Å². The largest absolute Gasteiger partial charge is 0.385 e. The van der Waals surface area contributed by atoms with Crippen LogP contribution in [0.15, 0.2) is 36.0 Å². The van der Waals surface area contributed by atoms with Gasteiger partial charge >= 0.3 is 0 Å². The summed E-state index contributed by atoms with van der Waals surface area (Å²) in [5.41, 5.74) is 3.52. The van der Waals surface area contributed by atoms with Crippen LogP contribution in [-0.4, -0.2) is 10.7 Å². The van der Waals surface area contributed by atoms with E-state index in [0.29, 0.717) is 5.92 Å². The van der Waals surface area contributed by atoms with Gasteiger partial charge in [-0.25, -0.2) is 0 Å². The van der Waals surface area contributed by atoms with E-state index in [1.54, 1.807) is 5.57 Å². The molecule has 0 aromatic heterocycles. The van der Waals surface area contributed by atoms with Gasteiger partial charge < -0.3 is 5.11 Å². The highest BCUT2D eigenvalue weighted by Crippen LogP contribution is 2.67. The Labute approximate surface area is 154 Å². The van der Waals surface area contributed by atoms with Crippen molar-refractivity contribution in [2.24, 2.45) is 35.0 Å². The monoisotopic (exact) mass is 340 g/mol. The zero-order chi connectivity index (χ0) is 18.0. The molecule has 7 atom stereocenters. The van der Waals surface area contributed by atoms with Gasteiger partial charge in [0.05, 0.1) is 5.60 Å². The van der Waals surface area contributed by atoms with E-state index in [0.717, 1.165) is 42.1 Å². The quantitative estimate of drug-likeness (QED) is 0.606. The Morgan fingerprint density at radius 1 is 1.28 bits per heavy atom. The summed E-state index contributed by atoms with van der Waals surface area (Å²) in [5, 5.41) is 11.6. The van der Waals surface area contributed by atoms with Crippen LogP contribution < -0.4 is 0 Å². The number of fused-ring (bicyclic) bond motifs is 5. The maximum absolute atomic E-state index is 11.6. The van der Waals surface area contributed by atoms with Gasteiger partial charge in [-0.3, -0.25) is 0 Å². The first-order valence-corrected chi connectivity index (χ1v) is 10.6. The SMILES string of the molecule is C=C1C=C2C[C@@H](C)[C@@H]3[C@H](CC[C@@]4(C)[C@H]3CC[C@@]4(O)C(=C)CC)[C@H]2CC1. The van der Waals surface area contributed by atoms with E-state index in [9.17, 15) is 5.11 Å². The van der Waals surface area contributed by atoms with Crippen molar-refractivity contribution >= 4 is 0 Å². The average Bonchev–Trinajstić information content (AvgIpc) is 2.86. The van der Waals surface area contributed by atoms with Crippen molar-refractivity contribution < 1.29 is 5.11 Å². The Balaban J connectivity index is 1.68. The van der Waals surface area contributed by atoms with Crippen molar-refractivity contribution in [2.45, 2.75) is 77.7 Å². The number of hydrogen-bond donors (Lipinski definition) is 1. The molecule has 0 aromatic rings. The van der Waals surface area contributed by atoms with Crippen LogP contribution in [0.5, 0.6) is 0 Å². The molecule has 0 aromatic carbocycles. The molecule has 0 unspecified atom stereocenters. The molecule has 1 N–H and O–H groups in total. The molecular weight excluding hydrogens is 304 g/mol. The van der Waals surface area contributed by atoms with Crippen LogP contribution in [0.2, 0.25) is 0 Å². The van der Waals surface area contributed by atoms with E-state index in [1.807, 2.05) is 0 Å². The molecule has 0 heterocycles. The average molecular weight is 341 g/mol. The first-order valence-electron chi connectivity index (χ1n) is 10.6. The molecule has 0 spiro atoms. The minimum absolute atomic E-state index is 0.0367. The summed E-state index contributed by atoms with van der Waals surface area (Å²) in [7, 11) is 0. The number of hydrogen-bond acceptors (Lipinski definition) is 1. The highest BCUT2D eigenvalue weighted by atomic mass is 16.3. The predicted molar refractivity (Wildman–Crippen MR) is 105 cm³/mol. The Hall–Kier alpha value is -0.820. The topological polar surface area (TPSA) is 20.2 Å². The van der Waals surface area contributed by atoms with Crippen molar-refractivity contribution in [3.63, 3.8) is 0 Å². The summed E-state index contributed by atoms with van der Waals surface area (Å²) >= 11 is 0. The number of allylic oxidation sites excluding steroid dienone is 3. The molecule has 1 nitrogen and oxygen atoms in total. The number of aliphatic hydroxyl groups is 1. The minimum Gasteiger partial charge on any atom is -0.385 e. The fourth-order valence-electron chi connectivity index (χ4n) is 7.58. The smallest absolute Gasteiger partial charge is 0.0910 e. The van der Waals surface area contributed by atoms with Gasteiger partial charge in [-0.15, -0.1) is 0 Å². The Bertz CT molecular complexity index is 628. The van der Waals surface area contributed by atoms with E-state index in [-0.39, 0.29) is 5.41 Å². The number of rotatable bonds is 2. The summed E-state index contributed by atoms with van der Waals surface area (Å²) in [6.07, 6.45) is 11.7. The van der Waals surface area contributed by atoms with Gasteiger partial charge in [0.25, 0.3) is 0 Å². The van der Waals surface area contributed by atoms with Gasteiger partial charge in [0.1, 0.15) is 0 Å². The van der Waals surface area contributed by atoms with E-state index >= 15 is 0 Å². The van der Waals surface area contributed by atoms with Gasteiger partial charge in [-0.2, -0.15) is 0 Å². The van der Waals surface area contributed by atoms with E-state index in [1.165, 1.54) is 44.1 Å². The van der Waals surface area contributed by atoms with Crippen molar-refractivity contribution in [3.8, 4) is 0 Å². The normalized spacial score (nSPS) is 49.0. The molecule has 1 heteroatoms. The first-order chi connectivity index (χ1) is 11.8. The summed E-state index contributed by atoms with van der Waals surface area (Å²) in [6.45, 7) is 15.5. The summed E-state index contributed by atoms with van der Waals surface area (Å²) in [5.74, 6) is 3.81. The summed E-state index contributed by atoms with van der Waals surface area (Å²) in [6, 6.07) is 0. The highest BCUT2D eigenvalue weighted by Gasteiger charge is 2.63. The molecule has 4 aliphatic carbocycles. The third-order valence-electron chi connectivity index (χ3n) is 8.92. The fraction of sp³-hybridized carbons (Fsp3) is 0.750. The van der Waals surface area contributed by atoms with E-state index in [4.69, 9.17) is 0 Å². The fourth-order valence-corrected chi connectivity index (χ4v) is 7.58. The van der Waals surface area contributed by atoms with Crippen LogP contribution in [0.25, 0.3) is 0 Å². The lowest BCUT2D eigenvalue weighted by Gasteiger charge is -2.58. The second-order valence-corrected chi connectivity index (χ2v) is 9.86. The minimum atomic E-state index is -0.631. The first kappa shape index (κ1) is 17.6. The van der Waals surface area contributed by atoms with Crippen LogP contribution in [0.3, 0.4) is 0 Å². The third-order valence-corrected chi connectivity index (χ3v) is 8.92. The Morgan fingerprint density at radius 3 is 2.76 bits per heavy atom. The maximum Gasteiger partial charge on any atom is 0.0910 e. The lowest BCUT2D eigenvalue weighted by molar-refractivity contribution is -0.108. The molecule has 25 heavy (non-hydrogen) atoms. The standard InChI is InChI=1S/C24H36O/c1-6-17(4)24(25)12-10-21-22-16(3)14-18-13-15(2)7-8-19(18)20(22)9-11-23(21,24)5/h13,16,19-22,25H,2,4,6-12,14H2,1,3,5H3/t16-,19+,20-,21+,22-,23+,24-/m1/s1. The molecule has 4 aliphatic rings. The van der Waals surface area contributed by atoms with E-state index in [2.05, 4.69) is 40.0 Å². The molecule has 3 fully saturated rings. The molecule has 3 saturated carbocycles. The van der Waals surface area contributed by atoms with Gasteiger partial charge in [-0.1, -0.05) is 51.2 Å². The summed E-state index contributed by atoms with van der Waals surface area (Å²) in [4.78, 5) is 0. The van der Waals surface area contributed by atoms with Crippen LogP contribution in [0, 0.1) is 35.0 Å². The van der Waals surface area contributed by atoms with Crippen molar-refractivity contribution in [3.05, 3.63) is 36.0 Å². The van der Waals surface area contributed by atoms with Crippen molar-refractivity contribution in [2.75, 3.05) is 0 Å². The molecule has 0 aliphatic heterocycles. The van der Waals surface area contributed by atoms with E-state index < -0.39 is 5.60 Å². The predicted octanol–water partition coefficient (Wildman–Crippen LogP) is 6.06. The lowest BCUT2D eigenvalue weighted by atomic mass is 9.48. The van der Waals surface area contributed by atoms with Gasteiger partial charge in [-0.05, 0) is 86.5 Å². The second-order valence-electron chi connectivity index (χ2n) is 9.86. The zero-order valence-electron chi connectivity index (χ0n) is 16.5. The Morgan fingerprint density at radius 2 is 2.04 bits per heavy atom. The maximum atomic E-state index is 11.6. The highest BCUT2D eigenvalue weighted by molar-refractivity contribution is 5.31. The molecule has 4 rings (SSSR count). The van der Waals surface area contributed by atoms with Crippen LogP contribution in [0.1, 0.15) is 72.1 Å². The van der Waals surface area contributed by atoms with Crippen LogP contribution in [-0.2, 0) is 0 Å².